The molecule has 0 bridgehead atoms. The fourth-order valence-corrected chi connectivity index (χ4v) is 3.65. The molecule has 1 N–H and O–H groups in total. The van der Waals surface area contributed by atoms with Crippen molar-refractivity contribution in [3.8, 4) is 5.75 Å². The van der Waals surface area contributed by atoms with Gasteiger partial charge in [-0.1, -0.05) is 53.5 Å². The third-order valence-electron chi connectivity index (χ3n) is 5.29. The third-order valence-corrected chi connectivity index (χ3v) is 6.03. The first kappa shape index (κ1) is 21.9. The molecule has 1 aliphatic heterocycles. The second-order valence-electron chi connectivity index (χ2n) is 7.29. The van der Waals surface area contributed by atoms with E-state index in [1.165, 1.54) is 0 Å². The van der Waals surface area contributed by atoms with E-state index in [-0.39, 0.29) is 11.5 Å². The molecule has 29 heavy (non-hydrogen) atoms. The predicted octanol–water partition coefficient (Wildman–Crippen LogP) is 4.17. The van der Waals surface area contributed by atoms with Gasteiger partial charge in [-0.15, -0.1) is 0 Å². The Morgan fingerprint density at radius 1 is 1.10 bits per heavy atom. The summed E-state index contributed by atoms with van der Waals surface area (Å²) < 4.78 is 11.7. The Morgan fingerprint density at radius 3 is 2.48 bits per heavy atom. The van der Waals surface area contributed by atoms with E-state index in [9.17, 15) is 4.79 Å². The van der Waals surface area contributed by atoms with Gasteiger partial charge in [0, 0.05) is 32.8 Å². The number of amides is 1. The van der Waals surface area contributed by atoms with Gasteiger partial charge in [0.05, 0.1) is 16.6 Å². The molecule has 1 saturated heterocycles. The Morgan fingerprint density at radius 2 is 1.83 bits per heavy atom. The summed E-state index contributed by atoms with van der Waals surface area (Å²) >= 11 is 12.0. The molecule has 0 atom stereocenters. The number of carbonyl (C=O) groups is 1. The van der Waals surface area contributed by atoms with Crippen LogP contribution in [0.1, 0.15) is 18.4 Å². The Kier molecular flexibility index (Phi) is 7.78. The standard InChI is InChI=1S/C22H26Cl2N2O3/c1-28-22(16-29-18-7-8-19(23)20(24)13-18)9-11-26(12-10-22)15-21(27)25-14-17-5-3-2-4-6-17/h2-8,13H,9-12,14-16H2,1H3,(H,25,27). The van der Waals surface area contributed by atoms with Gasteiger partial charge in [0.25, 0.3) is 0 Å². The largest absolute Gasteiger partial charge is 0.491 e. The quantitative estimate of drug-likeness (QED) is 0.674. The van der Waals surface area contributed by atoms with Crippen LogP contribution in [0.5, 0.6) is 5.75 Å². The molecular weight excluding hydrogens is 411 g/mol. The molecular formula is C22H26Cl2N2O3. The highest BCUT2D eigenvalue weighted by Gasteiger charge is 2.36. The highest BCUT2D eigenvalue weighted by molar-refractivity contribution is 6.42. The van der Waals surface area contributed by atoms with Crippen molar-refractivity contribution < 1.29 is 14.3 Å². The van der Waals surface area contributed by atoms with Gasteiger partial charge in [-0.3, -0.25) is 9.69 Å². The number of halogens is 2. The summed E-state index contributed by atoms with van der Waals surface area (Å²) in [6.07, 6.45) is 1.58. The van der Waals surface area contributed by atoms with Gasteiger partial charge in [0.15, 0.2) is 0 Å². The highest BCUT2D eigenvalue weighted by atomic mass is 35.5. The van der Waals surface area contributed by atoms with Crippen LogP contribution >= 0.6 is 23.2 Å². The zero-order chi connectivity index (χ0) is 20.7. The average Bonchev–Trinajstić information content (AvgIpc) is 2.75. The van der Waals surface area contributed by atoms with E-state index in [2.05, 4.69) is 10.2 Å². The normalized spacial score (nSPS) is 16.4. The van der Waals surface area contributed by atoms with Crippen molar-refractivity contribution in [3.05, 3.63) is 64.1 Å². The smallest absolute Gasteiger partial charge is 0.234 e. The number of methoxy groups -OCH3 is 1. The fourth-order valence-electron chi connectivity index (χ4n) is 3.36. The van der Waals surface area contributed by atoms with Crippen LogP contribution in [0.3, 0.4) is 0 Å². The molecule has 1 fully saturated rings. The number of likely N-dealkylation sites (tertiary alicyclic amines) is 1. The maximum absolute atomic E-state index is 12.3. The first-order valence-electron chi connectivity index (χ1n) is 9.66. The lowest BCUT2D eigenvalue weighted by molar-refractivity contribution is -0.125. The Bertz CT molecular complexity index is 809. The van der Waals surface area contributed by atoms with Crippen LogP contribution in [0.2, 0.25) is 10.0 Å². The number of nitrogens with one attached hydrogen (secondary N) is 1. The summed E-state index contributed by atoms with van der Waals surface area (Å²) in [6, 6.07) is 15.1. The maximum atomic E-state index is 12.3. The van der Waals surface area contributed by atoms with Gasteiger partial charge in [-0.05, 0) is 30.5 Å². The molecule has 2 aromatic rings. The van der Waals surface area contributed by atoms with Crippen LogP contribution in [-0.2, 0) is 16.1 Å². The molecule has 0 unspecified atom stereocenters. The summed E-state index contributed by atoms with van der Waals surface area (Å²) in [6.45, 7) is 2.91. The molecule has 5 nitrogen and oxygen atoms in total. The molecule has 0 spiro atoms. The number of benzene rings is 2. The van der Waals surface area contributed by atoms with Gasteiger partial charge in [-0.2, -0.15) is 0 Å². The van der Waals surface area contributed by atoms with E-state index in [1.54, 1.807) is 25.3 Å². The summed E-state index contributed by atoms with van der Waals surface area (Å²) in [4.78, 5) is 14.4. The average molecular weight is 437 g/mol. The van der Waals surface area contributed by atoms with Crippen molar-refractivity contribution in [1.82, 2.24) is 10.2 Å². The fraction of sp³-hybridized carbons (Fsp3) is 0.409. The zero-order valence-corrected chi connectivity index (χ0v) is 18.0. The number of rotatable bonds is 8. The Labute approximate surface area is 181 Å². The predicted molar refractivity (Wildman–Crippen MR) is 116 cm³/mol. The Balaban J connectivity index is 1.44. The van der Waals surface area contributed by atoms with Crippen LogP contribution in [0.15, 0.2) is 48.5 Å². The molecule has 0 radical (unpaired) electrons. The van der Waals surface area contributed by atoms with Gasteiger partial charge in [0.2, 0.25) is 5.91 Å². The number of piperidine rings is 1. The zero-order valence-electron chi connectivity index (χ0n) is 16.5. The maximum Gasteiger partial charge on any atom is 0.234 e. The van der Waals surface area contributed by atoms with Gasteiger partial charge < -0.3 is 14.8 Å². The topological polar surface area (TPSA) is 50.8 Å². The molecule has 2 aromatic carbocycles. The molecule has 1 heterocycles. The Hall–Kier alpha value is -1.79. The SMILES string of the molecule is COC1(COc2ccc(Cl)c(Cl)c2)CCN(CC(=O)NCc2ccccc2)CC1. The van der Waals surface area contributed by atoms with Gasteiger partial charge in [0.1, 0.15) is 18.0 Å². The molecule has 0 aromatic heterocycles. The van der Waals surface area contributed by atoms with Crippen molar-refractivity contribution in [2.24, 2.45) is 0 Å². The van der Waals surface area contributed by atoms with Gasteiger partial charge in [-0.25, -0.2) is 0 Å². The van der Waals surface area contributed by atoms with E-state index < -0.39 is 0 Å². The minimum Gasteiger partial charge on any atom is -0.491 e. The molecule has 156 valence electrons. The lowest BCUT2D eigenvalue weighted by atomic mass is 9.92. The highest BCUT2D eigenvalue weighted by Crippen LogP contribution is 2.30. The van der Waals surface area contributed by atoms with E-state index in [1.807, 2.05) is 30.3 Å². The molecule has 0 aliphatic carbocycles. The van der Waals surface area contributed by atoms with E-state index in [4.69, 9.17) is 32.7 Å². The monoisotopic (exact) mass is 436 g/mol. The van der Waals surface area contributed by atoms with Gasteiger partial charge >= 0.3 is 0 Å². The van der Waals surface area contributed by atoms with E-state index in [0.29, 0.717) is 35.5 Å². The van der Waals surface area contributed by atoms with Crippen molar-refractivity contribution in [2.45, 2.75) is 25.0 Å². The molecule has 1 amide bonds. The number of nitrogens with zero attached hydrogens (tertiary/aromatic N) is 1. The van der Waals surface area contributed by atoms with Crippen LogP contribution in [0.4, 0.5) is 0 Å². The van der Waals surface area contributed by atoms with Crippen molar-refractivity contribution in [1.29, 1.82) is 0 Å². The number of carbonyl (C=O) groups excluding carboxylic acids is 1. The summed E-state index contributed by atoms with van der Waals surface area (Å²) in [5.74, 6) is 0.698. The van der Waals surface area contributed by atoms with Crippen LogP contribution in [0, 0.1) is 0 Å². The number of ether oxygens (including phenoxy) is 2. The molecule has 7 heteroatoms. The lowest BCUT2D eigenvalue weighted by Crippen LogP contribution is -2.51. The van der Waals surface area contributed by atoms with Crippen molar-refractivity contribution >= 4 is 29.1 Å². The minimum atomic E-state index is -0.372. The minimum absolute atomic E-state index is 0.0332. The van der Waals surface area contributed by atoms with Crippen molar-refractivity contribution in [2.75, 3.05) is 33.4 Å². The summed E-state index contributed by atoms with van der Waals surface area (Å²) in [7, 11) is 1.71. The van der Waals surface area contributed by atoms with E-state index in [0.717, 1.165) is 31.5 Å². The van der Waals surface area contributed by atoms with Crippen molar-refractivity contribution in [3.63, 3.8) is 0 Å². The summed E-state index contributed by atoms with van der Waals surface area (Å²) in [5.41, 5.74) is 0.723. The second-order valence-corrected chi connectivity index (χ2v) is 8.10. The van der Waals surface area contributed by atoms with E-state index >= 15 is 0 Å². The van der Waals surface area contributed by atoms with Crippen LogP contribution in [0.25, 0.3) is 0 Å². The molecule has 1 aliphatic rings. The first-order valence-corrected chi connectivity index (χ1v) is 10.4. The number of hydrogen-bond donors (Lipinski definition) is 1. The lowest BCUT2D eigenvalue weighted by Gasteiger charge is -2.40. The molecule has 3 rings (SSSR count). The third kappa shape index (κ3) is 6.34. The van der Waals surface area contributed by atoms with Crippen LogP contribution in [-0.4, -0.2) is 49.8 Å². The summed E-state index contributed by atoms with van der Waals surface area (Å²) in [5, 5.41) is 3.94. The second kappa shape index (κ2) is 10.3. The van der Waals surface area contributed by atoms with Crippen LogP contribution < -0.4 is 10.1 Å². The molecule has 0 saturated carbocycles. The number of hydrogen-bond acceptors (Lipinski definition) is 4. The first-order chi connectivity index (χ1) is 14.0.